The van der Waals surface area contributed by atoms with Crippen LogP contribution in [-0.2, 0) is 27.5 Å². The molecule has 1 aliphatic carbocycles. The van der Waals surface area contributed by atoms with E-state index in [-0.39, 0.29) is 29.7 Å². The highest BCUT2D eigenvalue weighted by Crippen LogP contribution is 2.53. The monoisotopic (exact) mass is 507 g/mol. The summed E-state index contributed by atoms with van der Waals surface area (Å²) in [6.45, 7) is 8.35. The average molecular weight is 508 g/mol. The van der Waals surface area contributed by atoms with Gasteiger partial charge in [0.1, 0.15) is 12.4 Å². The van der Waals surface area contributed by atoms with Crippen molar-refractivity contribution >= 4 is 17.8 Å². The molecule has 4 rings (SSSR count). The molecule has 1 aliphatic heterocycles. The first-order valence-corrected chi connectivity index (χ1v) is 12.9. The van der Waals surface area contributed by atoms with Crippen LogP contribution in [0.15, 0.2) is 48.5 Å². The molecule has 1 unspecified atom stereocenters. The van der Waals surface area contributed by atoms with Gasteiger partial charge < -0.3 is 19.7 Å². The molecule has 1 N–H and O–H groups in total. The Morgan fingerprint density at radius 1 is 1.00 bits per heavy atom. The van der Waals surface area contributed by atoms with Gasteiger partial charge in [0.05, 0.1) is 19.2 Å². The summed E-state index contributed by atoms with van der Waals surface area (Å²) < 4.78 is 10.8. The summed E-state index contributed by atoms with van der Waals surface area (Å²) in [6.07, 6.45) is 1.59. The second kappa shape index (κ2) is 11.8. The number of piperazine rings is 1. The summed E-state index contributed by atoms with van der Waals surface area (Å²) in [5.41, 5.74) is 2.82. The highest BCUT2D eigenvalue weighted by Gasteiger charge is 2.46. The molecule has 2 fully saturated rings. The van der Waals surface area contributed by atoms with Crippen molar-refractivity contribution in [2.24, 2.45) is 11.3 Å². The lowest BCUT2D eigenvalue weighted by Gasteiger charge is -2.35. The van der Waals surface area contributed by atoms with Crippen molar-refractivity contribution < 1.29 is 23.9 Å². The Bertz CT molecular complexity index is 1110. The Labute approximate surface area is 218 Å². The molecule has 0 radical (unpaired) electrons. The fourth-order valence-corrected chi connectivity index (χ4v) is 4.69. The number of ether oxygens (including phenoxy) is 2. The van der Waals surface area contributed by atoms with E-state index in [2.05, 4.69) is 30.1 Å². The third kappa shape index (κ3) is 7.32. The number of benzene rings is 2. The maximum absolute atomic E-state index is 12.6. The maximum Gasteiger partial charge on any atom is 0.337 e. The molecule has 2 aromatic rings. The highest BCUT2D eigenvalue weighted by atomic mass is 16.5. The SMILES string of the molecule is COC(=O)c1ccc(COc2ccccc2CN2CCN(C(=O)CNC(=O)CC3CC3(C)C)CC2)cc1. The molecule has 1 saturated carbocycles. The molecule has 0 bridgehead atoms. The van der Waals surface area contributed by atoms with Gasteiger partial charge in [-0.15, -0.1) is 0 Å². The van der Waals surface area contributed by atoms with E-state index in [9.17, 15) is 14.4 Å². The zero-order valence-corrected chi connectivity index (χ0v) is 22.0. The number of nitrogens with one attached hydrogen (secondary N) is 1. The average Bonchev–Trinajstić information content (AvgIpc) is 3.51. The molecule has 0 aromatic heterocycles. The van der Waals surface area contributed by atoms with Crippen molar-refractivity contribution in [1.29, 1.82) is 0 Å². The van der Waals surface area contributed by atoms with Crippen LogP contribution in [0.4, 0.5) is 0 Å². The first kappa shape index (κ1) is 26.7. The van der Waals surface area contributed by atoms with Crippen molar-refractivity contribution in [3.8, 4) is 5.75 Å². The molecular formula is C29H37N3O5. The minimum absolute atomic E-state index is 0.0231. The largest absolute Gasteiger partial charge is 0.489 e. The summed E-state index contributed by atoms with van der Waals surface area (Å²) >= 11 is 0. The predicted octanol–water partition coefficient (Wildman–Crippen LogP) is 3.25. The van der Waals surface area contributed by atoms with Crippen LogP contribution in [0.3, 0.4) is 0 Å². The number of nitrogens with zero attached hydrogens (tertiary/aromatic N) is 2. The third-order valence-corrected chi connectivity index (χ3v) is 7.45. The second-order valence-corrected chi connectivity index (χ2v) is 10.6. The topological polar surface area (TPSA) is 88.2 Å². The van der Waals surface area contributed by atoms with Gasteiger partial charge in [-0.3, -0.25) is 14.5 Å². The van der Waals surface area contributed by atoms with Crippen LogP contribution in [0.25, 0.3) is 0 Å². The number of esters is 1. The summed E-state index contributed by atoms with van der Waals surface area (Å²) in [5.74, 6) is 0.843. The molecule has 8 heteroatoms. The van der Waals surface area contributed by atoms with Gasteiger partial charge in [-0.05, 0) is 41.5 Å². The van der Waals surface area contributed by atoms with Crippen LogP contribution in [-0.4, -0.2) is 67.4 Å². The third-order valence-electron chi connectivity index (χ3n) is 7.45. The van der Waals surface area contributed by atoms with Crippen LogP contribution in [0.5, 0.6) is 5.75 Å². The van der Waals surface area contributed by atoms with Crippen LogP contribution in [0.1, 0.15) is 48.2 Å². The van der Waals surface area contributed by atoms with Crippen LogP contribution in [0, 0.1) is 11.3 Å². The molecule has 2 aromatic carbocycles. The number of carbonyl (C=O) groups is 3. The van der Waals surface area contributed by atoms with Crippen molar-refractivity contribution in [2.45, 2.75) is 39.8 Å². The van der Waals surface area contributed by atoms with Crippen molar-refractivity contribution in [2.75, 3.05) is 39.8 Å². The fraction of sp³-hybridized carbons (Fsp3) is 0.483. The Kier molecular flexibility index (Phi) is 8.48. The quantitative estimate of drug-likeness (QED) is 0.497. The zero-order chi connectivity index (χ0) is 26.4. The highest BCUT2D eigenvalue weighted by molar-refractivity contribution is 5.89. The lowest BCUT2D eigenvalue weighted by Crippen LogP contribution is -2.50. The summed E-state index contributed by atoms with van der Waals surface area (Å²) in [7, 11) is 1.37. The van der Waals surface area contributed by atoms with E-state index in [1.54, 1.807) is 12.1 Å². The van der Waals surface area contributed by atoms with E-state index < -0.39 is 0 Å². The number of rotatable bonds is 10. The Balaban J connectivity index is 1.21. The number of para-hydroxylation sites is 1. The summed E-state index contributed by atoms with van der Waals surface area (Å²) in [4.78, 5) is 40.5. The van der Waals surface area contributed by atoms with Gasteiger partial charge in [0.25, 0.3) is 0 Å². The van der Waals surface area contributed by atoms with Crippen LogP contribution >= 0.6 is 0 Å². The minimum Gasteiger partial charge on any atom is -0.489 e. The van der Waals surface area contributed by atoms with Gasteiger partial charge in [0, 0.05) is 44.7 Å². The van der Waals surface area contributed by atoms with E-state index in [4.69, 9.17) is 9.47 Å². The van der Waals surface area contributed by atoms with Crippen molar-refractivity contribution in [3.05, 3.63) is 65.2 Å². The van der Waals surface area contributed by atoms with Gasteiger partial charge in [-0.2, -0.15) is 0 Å². The van der Waals surface area contributed by atoms with Crippen LogP contribution in [0.2, 0.25) is 0 Å². The van der Waals surface area contributed by atoms with E-state index in [1.807, 2.05) is 35.2 Å². The normalized spacial score (nSPS) is 18.7. The second-order valence-electron chi connectivity index (χ2n) is 10.6. The van der Waals surface area contributed by atoms with E-state index in [0.717, 1.165) is 42.9 Å². The first-order valence-electron chi connectivity index (χ1n) is 12.9. The lowest BCUT2D eigenvalue weighted by atomic mass is 10.1. The molecule has 8 nitrogen and oxygen atoms in total. The molecule has 198 valence electrons. The summed E-state index contributed by atoms with van der Waals surface area (Å²) in [6, 6.07) is 15.2. The zero-order valence-electron chi connectivity index (χ0n) is 22.0. The Hall–Kier alpha value is -3.39. The Morgan fingerprint density at radius 2 is 1.68 bits per heavy atom. The predicted molar refractivity (Wildman–Crippen MR) is 140 cm³/mol. The van der Waals surface area contributed by atoms with Gasteiger partial charge in [-0.25, -0.2) is 4.79 Å². The fourth-order valence-electron chi connectivity index (χ4n) is 4.69. The first-order chi connectivity index (χ1) is 17.7. The smallest absolute Gasteiger partial charge is 0.337 e. The molecule has 0 spiro atoms. The number of methoxy groups -OCH3 is 1. The van der Waals surface area contributed by atoms with Crippen LogP contribution < -0.4 is 10.1 Å². The lowest BCUT2D eigenvalue weighted by molar-refractivity contribution is -0.134. The molecule has 37 heavy (non-hydrogen) atoms. The number of carbonyl (C=O) groups excluding carboxylic acids is 3. The molecule has 1 atom stereocenters. The molecule has 2 amide bonds. The maximum atomic E-state index is 12.6. The van der Waals surface area contributed by atoms with Gasteiger partial charge in [0.15, 0.2) is 0 Å². The van der Waals surface area contributed by atoms with Crippen molar-refractivity contribution in [3.63, 3.8) is 0 Å². The van der Waals surface area contributed by atoms with E-state index in [1.165, 1.54) is 7.11 Å². The van der Waals surface area contributed by atoms with E-state index in [0.29, 0.717) is 37.6 Å². The van der Waals surface area contributed by atoms with Gasteiger partial charge in [-0.1, -0.05) is 44.2 Å². The molecule has 1 heterocycles. The Morgan fingerprint density at radius 3 is 2.32 bits per heavy atom. The molecule has 1 saturated heterocycles. The van der Waals surface area contributed by atoms with Gasteiger partial charge >= 0.3 is 5.97 Å². The molecular weight excluding hydrogens is 470 g/mol. The van der Waals surface area contributed by atoms with E-state index >= 15 is 0 Å². The van der Waals surface area contributed by atoms with Gasteiger partial charge in [0.2, 0.25) is 11.8 Å². The number of hydrogen-bond donors (Lipinski definition) is 1. The molecule has 2 aliphatic rings. The standard InChI is InChI=1S/C29H37N3O5/c1-29(2)17-24(29)16-26(33)30-18-27(34)32-14-12-31(13-15-32)19-23-6-4-5-7-25(23)37-20-21-8-10-22(11-9-21)28(35)36-3/h4-11,24H,12-20H2,1-3H3,(H,30,33). The minimum atomic E-state index is -0.359. The summed E-state index contributed by atoms with van der Waals surface area (Å²) in [5, 5.41) is 2.80. The van der Waals surface area contributed by atoms with Crippen molar-refractivity contribution in [1.82, 2.24) is 15.1 Å². The number of amides is 2. The number of hydrogen-bond acceptors (Lipinski definition) is 6.